The highest BCUT2D eigenvalue weighted by molar-refractivity contribution is 7.12. The van der Waals surface area contributed by atoms with E-state index in [4.69, 9.17) is 0 Å². The molecule has 1 aliphatic heterocycles. The number of benzene rings is 1. The zero-order valence-electron chi connectivity index (χ0n) is 14.6. The summed E-state index contributed by atoms with van der Waals surface area (Å²) >= 11 is 1.42. The summed E-state index contributed by atoms with van der Waals surface area (Å²) < 4.78 is 0. The fraction of sp³-hybridized carbons (Fsp3) is 0.368. The number of anilines is 1. The van der Waals surface area contributed by atoms with Crippen molar-refractivity contribution >= 4 is 28.7 Å². The molecule has 3 rings (SSSR count). The van der Waals surface area contributed by atoms with Gasteiger partial charge in [0, 0.05) is 37.4 Å². The molecule has 1 aromatic carbocycles. The van der Waals surface area contributed by atoms with Crippen LogP contribution in [0.4, 0.5) is 5.69 Å². The summed E-state index contributed by atoms with van der Waals surface area (Å²) in [5.74, 6) is -0.0378. The van der Waals surface area contributed by atoms with Crippen LogP contribution in [0.15, 0.2) is 35.7 Å². The van der Waals surface area contributed by atoms with Crippen molar-refractivity contribution in [2.75, 3.05) is 45.1 Å². The minimum atomic E-state index is -0.129. The molecule has 1 saturated heterocycles. The number of hydrogen-bond donors (Lipinski definition) is 1. The maximum Gasteiger partial charge on any atom is 0.265 e. The molecule has 0 aliphatic carbocycles. The van der Waals surface area contributed by atoms with Gasteiger partial charge in [-0.1, -0.05) is 12.1 Å². The first kappa shape index (κ1) is 17.8. The molecule has 2 aromatic rings. The number of amides is 1. The molecule has 1 N–H and O–H groups in total. The van der Waals surface area contributed by atoms with Crippen molar-refractivity contribution in [1.82, 2.24) is 9.80 Å². The fourth-order valence-corrected chi connectivity index (χ4v) is 3.68. The molecule has 0 unspecified atom stereocenters. The van der Waals surface area contributed by atoms with Crippen molar-refractivity contribution < 1.29 is 9.59 Å². The Labute approximate surface area is 152 Å². The van der Waals surface area contributed by atoms with Gasteiger partial charge >= 0.3 is 0 Å². The molecule has 0 bridgehead atoms. The average Bonchev–Trinajstić information content (AvgIpc) is 3.03. The third-order valence-corrected chi connectivity index (χ3v) is 5.49. The molecule has 0 saturated carbocycles. The SMILES string of the molecule is Cc1ccsc1C(=O)Nc1cccc(C(=O)CN2CCN(C)CC2)c1. The van der Waals surface area contributed by atoms with E-state index >= 15 is 0 Å². The molecule has 1 aromatic heterocycles. The Morgan fingerprint density at radius 2 is 1.92 bits per heavy atom. The second-order valence-corrected chi connectivity index (χ2v) is 7.39. The van der Waals surface area contributed by atoms with Crippen molar-refractivity contribution in [3.63, 3.8) is 0 Å². The van der Waals surface area contributed by atoms with Gasteiger partial charge in [-0.05, 0) is 43.1 Å². The average molecular weight is 357 g/mol. The zero-order valence-corrected chi connectivity index (χ0v) is 15.4. The van der Waals surface area contributed by atoms with Crippen LogP contribution in [-0.2, 0) is 0 Å². The number of carbonyl (C=O) groups excluding carboxylic acids is 2. The summed E-state index contributed by atoms with van der Waals surface area (Å²) in [5.41, 5.74) is 2.26. The minimum absolute atomic E-state index is 0.0907. The number of thiophene rings is 1. The quantitative estimate of drug-likeness (QED) is 0.836. The molecule has 0 atom stereocenters. The molecule has 2 heterocycles. The van der Waals surface area contributed by atoms with Gasteiger partial charge in [-0.2, -0.15) is 0 Å². The van der Waals surface area contributed by atoms with Crippen LogP contribution in [0.2, 0.25) is 0 Å². The van der Waals surface area contributed by atoms with Crippen LogP contribution >= 0.6 is 11.3 Å². The normalized spacial score (nSPS) is 15.9. The number of ketones is 1. The lowest BCUT2D eigenvalue weighted by Crippen LogP contribution is -2.46. The first-order valence-corrected chi connectivity index (χ1v) is 9.30. The van der Waals surface area contributed by atoms with E-state index in [0.717, 1.165) is 31.7 Å². The zero-order chi connectivity index (χ0) is 17.8. The second-order valence-electron chi connectivity index (χ2n) is 6.47. The number of rotatable bonds is 5. The summed E-state index contributed by atoms with van der Waals surface area (Å²) in [6, 6.07) is 9.13. The molecule has 1 amide bonds. The number of carbonyl (C=O) groups is 2. The van der Waals surface area contributed by atoms with Gasteiger partial charge in [0.15, 0.2) is 5.78 Å². The topological polar surface area (TPSA) is 52.7 Å². The molecule has 25 heavy (non-hydrogen) atoms. The van der Waals surface area contributed by atoms with Crippen molar-refractivity contribution in [1.29, 1.82) is 0 Å². The number of nitrogens with one attached hydrogen (secondary N) is 1. The number of nitrogens with zero attached hydrogens (tertiary/aromatic N) is 2. The highest BCUT2D eigenvalue weighted by Gasteiger charge is 2.18. The lowest BCUT2D eigenvalue weighted by Gasteiger charge is -2.31. The second kappa shape index (κ2) is 7.91. The lowest BCUT2D eigenvalue weighted by molar-refractivity contribution is 0.0876. The summed E-state index contributed by atoms with van der Waals surface area (Å²) in [4.78, 5) is 30.0. The van der Waals surface area contributed by atoms with Crippen LogP contribution in [0.5, 0.6) is 0 Å². The Bertz CT molecular complexity index is 764. The molecule has 1 fully saturated rings. The van der Waals surface area contributed by atoms with E-state index in [1.165, 1.54) is 11.3 Å². The van der Waals surface area contributed by atoms with E-state index in [-0.39, 0.29) is 11.7 Å². The van der Waals surface area contributed by atoms with Gasteiger partial charge in [-0.15, -0.1) is 11.3 Å². The van der Waals surface area contributed by atoms with Gasteiger partial charge in [-0.25, -0.2) is 0 Å². The van der Waals surface area contributed by atoms with Gasteiger partial charge in [-0.3, -0.25) is 14.5 Å². The smallest absolute Gasteiger partial charge is 0.265 e. The summed E-state index contributed by atoms with van der Waals surface area (Å²) in [7, 11) is 2.10. The Morgan fingerprint density at radius 3 is 2.60 bits per heavy atom. The molecular weight excluding hydrogens is 334 g/mol. The van der Waals surface area contributed by atoms with Gasteiger partial charge < -0.3 is 10.2 Å². The van der Waals surface area contributed by atoms with Crippen molar-refractivity contribution in [2.45, 2.75) is 6.92 Å². The van der Waals surface area contributed by atoms with Gasteiger partial charge in [0.25, 0.3) is 5.91 Å². The first-order valence-electron chi connectivity index (χ1n) is 8.42. The van der Waals surface area contributed by atoms with Crippen LogP contribution < -0.4 is 5.32 Å². The Kier molecular flexibility index (Phi) is 5.63. The lowest BCUT2D eigenvalue weighted by atomic mass is 10.1. The van der Waals surface area contributed by atoms with Crippen LogP contribution in [0.1, 0.15) is 25.6 Å². The van der Waals surface area contributed by atoms with E-state index in [1.54, 1.807) is 6.07 Å². The highest BCUT2D eigenvalue weighted by atomic mass is 32.1. The Morgan fingerprint density at radius 1 is 1.16 bits per heavy atom. The minimum Gasteiger partial charge on any atom is -0.321 e. The van der Waals surface area contributed by atoms with Gasteiger partial charge in [0.05, 0.1) is 11.4 Å². The Hall–Kier alpha value is -2.02. The molecule has 1 aliphatic rings. The number of hydrogen-bond acceptors (Lipinski definition) is 5. The summed E-state index contributed by atoms with van der Waals surface area (Å²) in [6.45, 7) is 6.15. The number of likely N-dealkylation sites (N-methyl/N-ethyl adjacent to an activating group) is 1. The maximum atomic E-state index is 12.5. The van der Waals surface area contributed by atoms with Gasteiger partial charge in [0.1, 0.15) is 0 Å². The fourth-order valence-electron chi connectivity index (χ4n) is 2.86. The van der Waals surface area contributed by atoms with E-state index in [1.807, 2.05) is 36.6 Å². The van der Waals surface area contributed by atoms with E-state index in [9.17, 15) is 9.59 Å². The molecular formula is C19H23N3O2S. The molecule has 0 radical (unpaired) electrons. The maximum absolute atomic E-state index is 12.5. The third kappa shape index (κ3) is 4.54. The van der Waals surface area contributed by atoms with E-state index < -0.39 is 0 Å². The van der Waals surface area contributed by atoms with E-state index in [0.29, 0.717) is 22.7 Å². The van der Waals surface area contributed by atoms with E-state index in [2.05, 4.69) is 22.2 Å². The van der Waals surface area contributed by atoms with Crippen LogP contribution in [0.25, 0.3) is 0 Å². The monoisotopic (exact) mass is 357 g/mol. The van der Waals surface area contributed by atoms with Crippen LogP contribution in [0.3, 0.4) is 0 Å². The molecule has 132 valence electrons. The number of aryl methyl sites for hydroxylation is 1. The van der Waals surface area contributed by atoms with Crippen molar-refractivity contribution in [3.05, 3.63) is 51.7 Å². The summed E-state index contributed by atoms with van der Waals surface area (Å²) in [5, 5.41) is 4.79. The van der Waals surface area contributed by atoms with Crippen LogP contribution in [0, 0.1) is 6.92 Å². The first-order chi connectivity index (χ1) is 12.0. The van der Waals surface area contributed by atoms with Crippen molar-refractivity contribution in [3.8, 4) is 0 Å². The predicted octanol–water partition coefficient (Wildman–Crippen LogP) is 2.74. The predicted molar refractivity (Wildman–Crippen MR) is 102 cm³/mol. The third-order valence-electron chi connectivity index (χ3n) is 4.47. The standard InChI is InChI=1S/C19H23N3O2S/c1-14-6-11-25-18(14)19(24)20-16-5-3-4-15(12-16)17(23)13-22-9-7-21(2)8-10-22/h3-6,11-12H,7-10,13H2,1-2H3,(H,20,24). The molecule has 5 nitrogen and oxygen atoms in total. The number of Topliss-reactive ketones (excluding diaryl/α,β-unsaturated/α-hetero) is 1. The molecule has 6 heteroatoms. The Balaban J connectivity index is 1.63. The molecule has 0 spiro atoms. The summed E-state index contributed by atoms with van der Waals surface area (Å²) in [6.07, 6.45) is 0. The van der Waals surface area contributed by atoms with Crippen molar-refractivity contribution in [2.24, 2.45) is 0 Å². The van der Waals surface area contributed by atoms with Crippen LogP contribution in [-0.4, -0.2) is 61.3 Å². The highest BCUT2D eigenvalue weighted by Crippen LogP contribution is 2.19. The largest absolute Gasteiger partial charge is 0.321 e. The van der Waals surface area contributed by atoms with Gasteiger partial charge in [0.2, 0.25) is 0 Å². The number of piperazine rings is 1.